The molecule has 0 saturated carbocycles. The van der Waals surface area contributed by atoms with Gasteiger partial charge in [-0.15, -0.1) is 11.8 Å². The van der Waals surface area contributed by atoms with Gasteiger partial charge in [0.05, 0.1) is 29.4 Å². The van der Waals surface area contributed by atoms with Gasteiger partial charge in [0.25, 0.3) is 0 Å². The maximum atomic E-state index is 10.7. The number of aliphatic imine (C=N–C) groups is 1. The maximum absolute atomic E-state index is 10.7. The first-order valence-corrected chi connectivity index (χ1v) is 7.40. The van der Waals surface area contributed by atoms with Crippen LogP contribution in [0.2, 0.25) is 5.02 Å². The number of nitrogen functional groups attached to an aromatic ring is 1. The summed E-state index contributed by atoms with van der Waals surface area (Å²) in [4.78, 5) is 18.4. The van der Waals surface area contributed by atoms with Crippen LogP contribution in [-0.2, 0) is 4.79 Å². The number of rotatable bonds is 3. The van der Waals surface area contributed by atoms with Gasteiger partial charge in [0, 0.05) is 16.2 Å². The van der Waals surface area contributed by atoms with Crippen molar-refractivity contribution in [3.8, 4) is 0 Å². The Bertz CT molecular complexity index is 726. The van der Waals surface area contributed by atoms with E-state index < -0.39 is 5.97 Å². The highest BCUT2D eigenvalue weighted by atomic mass is 35.5. The van der Waals surface area contributed by atoms with Gasteiger partial charge in [0.1, 0.15) is 5.04 Å². The number of nitrogens with one attached hydrogen (secondary N) is 1. The van der Waals surface area contributed by atoms with E-state index in [4.69, 9.17) is 22.4 Å². The Labute approximate surface area is 124 Å². The van der Waals surface area contributed by atoms with Crippen molar-refractivity contribution < 1.29 is 9.90 Å². The van der Waals surface area contributed by atoms with Crippen LogP contribution in [0.25, 0.3) is 10.9 Å². The third-order valence-electron chi connectivity index (χ3n) is 3.08. The van der Waals surface area contributed by atoms with Crippen LogP contribution in [0.5, 0.6) is 0 Å². The molecule has 5 nitrogen and oxygen atoms in total. The third-order valence-corrected chi connectivity index (χ3v) is 4.44. The van der Waals surface area contributed by atoms with Crippen LogP contribution >= 0.6 is 23.4 Å². The van der Waals surface area contributed by atoms with Crippen LogP contribution < -0.4 is 5.73 Å². The van der Waals surface area contributed by atoms with Gasteiger partial charge >= 0.3 is 5.97 Å². The fourth-order valence-electron chi connectivity index (χ4n) is 2.22. The predicted octanol–water partition coefficient (Wildman–Crippen LogP) is 2.74. The monoisotopic (exact) mass is 309 g/mol. The molecule has 1 atom stereocenters. The van der Waals surface area contributed by atoms with Crippen molar-refractivity contribution in [2.45, 2.75) is 12.5 Å². The quantitative estimate of drug-likeness (QED) is 0.760. The van der Waals surface area contributed by atoms with Crippen molar-refractivity contribution >= 4 is 51.0 Å². The molecule has 2 heterocycles. The van der Waals surface area contributed by atoms with Gasteiger partial charge in [0.2, 0.25) is 0 Å². The maximum Gasteiger partial charge on any atom is 0.305 e. The number of aliphatic carboxylic acids is 1. The van der Waals surface area contributed by atoms with E-state index in [9.17, 15) is 4.79 Å². The summed E-state index contributed by atoms with van der Waals surface area (Å²) < 4.78 is 0. The number of carbonyl (C=O) groups is 1. The van der Waals surface area contributed by atoms with Gasteiger partial charge in [0.15, 0.2) is 0 Å². The molecular weight excluding hydrogens is 298 g/mol. The highest BCUT2D eigenvalue weighted by Crippen LogP contribution is 2.30. The van der Waals surface area contributed by atoms with Crippen LogP contribution in [-0.4, -0.2) is 32.9 Å². The molecule has 0 aliphatic carbocycles. The number of aromatic nitrogens is 1. The Balaban J connectivity index is 1.95. The molecule has 0 radical (unpaired) electrons. The Morgan fingerprint density at radius 1 is 1.55 bits per heavy atom. The molecule has 1 aromatic heterocycles. The van der Waals surface area contributed by atoms with E-state index >= 15 is 0 Å². The average Bonchev–Trinajstić information content (AvgIpc) is 2.94. The van der Waals surface area contributed by atoms with Crippen molar-refractivity contribution in [2.24, 2.45) is 4.99 Å². The number of H-pyrrole nitrogens is 1. The fraction of sp³-hybridized carbons (Fsp3) is 0.231. The summed E-state index contributed by atoms with van der Waals surface area (Å²) in [5.41, 5.74) is 8.19. The normalized spacial score (nSPS) is 18.4. The summed E-state index contributed by atoms with van der Waals surface area (Å²) in [6.07, 6.45) is 0.0602. The number of aromatic amines is 1. The molecule has 7 heteroatoms. The highest BCUT2D eigenvalue weighted by Gasteiger charge is 2.23. The van der Waals surface area contributed by atoms with Crippen molar-refractivity contribution in [2.75, 3.05) is 11.5 Å². The molecule has 2 aromatic rings. The first-order valence-electron chi connectivity index (χ1n) is 6.03. The largest absolute Gasteiger partial charge is 0.481 e. The Hall–Kier alpha value is -1.66. The lowest BCUT2D eigenvalue weighted by molar-refractivity contribution is -0.137. The zero-order chi connectivity index (χ0) is 14.3. The molecule has 0 amide bonds. The first kappa shape index (κ1) is 13.3. The van der Waals surface area contributed by atoms with E-state index in [0.29, 0.717) is 16.5 Å². The second-order valence-corrected chi connectivity index (χ2v) is 6.08. The van der Waals surface area contributed by atoms with E-state index in [-0.39, 0.29) is 12.5 Å². The minimum Gasteiger partial charge on any atom is -0.481 e. The van der Waals surface area contributed by atoms with Gasteiger partial charge in [-0.3, -0.25) is 9.79 Å². The molecular formula is C13H12ClN3O2S. The number of thioether (sulfide) groups is 1. The van der Waals surface area contributed by atoms with Crippen molar-refractivity contribution in [1.29, 1.82) is 0 Å². The molecule has 0 unspecified atom stereocenters. The summed E-state index contributed by atoms with van der Waals surface area (Å²) >= 11 is 7.53. The molecule has 20 heavy (non-hydrogen) atoms. The minimum atomic E-state index is -0.826. The summed E-state index contributed by atoms with van der Waals surface area (Å²) in [5, 5.41) is 11.1. The van der Waals surface area contributed by atoms with Gasteiger partial charge in [-0.1, -0.05) is 11.6 Å². The summed E-state index contributed by atoms with van der Waals surface area (Å²) in [5.74, 6) is -0.138. The van der Waals surface area contributed by atoms with Crippen molar-refractivity contribution in [1.82, 2.24) is 4.98 Å². The van der Waals surface area contributed by atoms with Crippen molar-refractivity contribution in [3.05, 3.63) is 28.9 Å². The van der Waals surface area contributed by atoms with Gasteiger partial charge in [-0.25, -0.2) is 0 Å². The number of halogens is 1. The zero-order valence-electron chi connectivity index (χ0n) is 10.4. The summed E-state index contributed by atoms with van der Waals surface area (Å²) in [7, 11) is 0. The van der Waals surface area contributed by atoms with Crippen LogP contribution in [0, 0.1) is 0 Å². The Kier molecular flexibility index (Phi) is 3.35. The molecule has 0 saturated heterocycles. The Morgan fingerprint density at radius 3 is 3.10 bits per heavy atom. The van der Waals surface area contributed by atoms with Crippen LogP contribution in [0.15, 0.2) is 23.2 Å². The molecule has 1 aromatic carbocycles. The summed E-state index contributed by atoms with van der Waals surface area (Å²) in [6, 6.07) is 5.30. The smallest absolute Gasteiger partial charge is 0.305 e. The fourth-order valence-corrected chi connectivity index (χ4v) is 3.49. The zero-order valence-corrected chi connectivity index (χ0v) is 12.0. The number of hydrogen-bond acceptors (Lipinski definition) is 4. The number of benzene rings is 1. The molecule has 4 N–H and O–H groups in total. The van der Waals surface area contributed by atoms with Gasteiger partial charge in [-0.05, 0) is 18.2 Å². The molecule has 0 bridgehead atoms. The van der Waals surface area contributed by atoms with E-state index in [1.807, 2.05) is 12.1 Å². The molecule has 1 aliphatic heterocycles. The lowest BCUT2D eigenvalue weighted by Crippen LogP contribution is -2.10. The molecule has 1 aliphatic rings. The van der Waals surface area contributed by atoms with E-state index in [1.54, 1.807) is 17.8 Å². The van der Waals surface area contributed by atoms with Gasteiger partial charge < -0.3 is 15.8 Å². The average molecular weight is 310 g/mol. The van der Waals surface area contributed by atoms with Crippen LogP contribution in [0.3, 0.4) is 0 Å². The molecule has 3 rings (SSSR count). The number of fused-ring (bicyclic) bond motifs is 1. The second-order valence-electron chi connectivity index (χ2n) is 4.64. The van der Waals surface area contributed by atoms with Crippen LogP contribution in [0.1, 0.15) is 12.1 Å². The number of carboxylic acids is 1. The second kappa shape index (κ2) is 5.03. The number of hydrogen-bond donors (Lipinski definition) is 3. The topological polar surface area (TPSA) is 91.5 Å². The number of carboxylic acid groups (broad SMARTS) is 1. The van der Waals surface area contributed by atoms with E-state index in [2.05, 4.69) is 9.98 Å². The SMILES string of the molecule is Nc1cc(Cl)cc2cc(C3=N[C@H](CC(=O)O)CS3)[nH]c12. The number of nitrogens with zero attached hydrogens (tertiary/aromatic N) is 1. The standard InChI is InChI=1S/C13H12ClN3O2S/c14-7-1-6-2-10(17-12(6)9(15)3-7)13-16-8(5-20-13)4-11(18)19/h1-3,8,17H,4-5,15H2,(H,18,19)/t8-/m1/s1. The highest BCUT2D eigenvalue weighted by molar-refractivity contribution is 8.14. The first-order chi connectivity index (χ1) is 9.52. The van der Waals surface area contributed by atoms with Gasteiger partial charge in [-0.2, -0.15) is 0 Å². The summed E-state index contributed by atoms with van der Waals surface area (Å²) in [6.45, 7) is 0. The van der Waals surface area contributed by atoms with Crippen LogP contribution in [0.4, 0.5) is 5.69 Å². The van der Waals surface area contributed by atoms with Crippen molar-refractivity contribution in [3.63, 3.8) is 0 Å². The predicted molar refractivity (Wildman–Crippen MR) is 82.8 cm³/mol. The molecule has 0 fully saturated rings. The molecule has 0 spiro atoms. The third kappa shape index (κ3) is 2.48. The molecule has 104 valence electrons. The van der Waals surface area contributed by atoms with E-state index in [0.717, 1.165) is 21.6 Å². The number of anilines is 1. The minimum absolute atomic E-state index is 0.0602. The lowest BCUT2D eigenvalue weighted by atomic mass is 10.2. The van der Waals surface area contributed by atoms with E-state index in [1.165, 1.54) is 0 Å². The lowest BCUT2D eigenvalue weighted by Gasteiger charge is -1.98. The Morgan fingerprint density at radius 2 is 2.35 bits per heavy atom. The number of nitrogens with two attached hydrogens (primary N) is 1.